The first-order valence-corrected chi connectivity index (χ1v) is 8.84. The second-order valence-corrected chi connectivity index (χ2v) is 7.78. The molecule has 114 valence electrons. The molecule has 0 spiro atoms. The number of methoxy groups -OCH3 is 1. The summed E-state index contributed by atoms with van der Waals surface area (Å²) in [6, 6.07) is 4.37. The van der Waals surface area contributed by atoms with Crippen LogP contribution in [-0.4, -0.2) is 27.1 Å². The number of hydrogen-bond donors (Lipinski definition) is 1. The summed E-state index contributed by atoms with van der Waals surface area (Å²) in [7, 11) is -2.10. The SMILES string of the molecule is COc1ccc(S(=O)(=O)NCCc2cnc(C)s2)cc1Cl. The molecule has 0 atom stereocenters. The molecule has 1 aromatic carbocycles. The van der Waals surface area contributed by atoms with Gasteiger partial charge < -0.3 is 4.74 Å². The minimum atomic E-state index is -3.58. The maximum Gasteiger partial charge on any atom is 0.240 e. The van der Waals surface area contributed by atoms with Gasteiger partial charge in [-0.3, -0.25) is 0 Å². The van der Waals surface area contributed by atoms with Crippen molar-refractivity contribution in [1.29, 1.82) is 0 Å². The Bertz CT molecular complexity index is 729. The number of hydrogen-bond acceptors (Lipinski definition) is 5. The Labute approximate surface area is 133 Å². The zero-order valence-corrected chi connectivity index (χ0v) is 14.0. The molecule has 0 unspecified atom stereocenters. The first-order chi connectivity index (χ1) is 9.92. The Morgan fingerprint density at radius 1 is 1.43 bits per heavy atom. The lowest BCUT2D eigenvalue weighted by Crippen LogP contribution is -2.25. The van der Waals surface area contributed by atoms with Crippen molar-refractivity contribution in [2.24, 2.45) is 0 Å². The molecule has 5 nitrogen and oxygen atoms in total. The Morgan fingerprint density at radius 3 is 2.76 bits per heavy atom. The lowest BCUT2D eigenvalue weighted by molar-refractivity contribution is 0.414. The molecule has 1 heterocycles. The van der Waals surface area contributed by atoms with Gasteiger partial charge in [-0.2, -0.15) is 0 Å². The van der Waals surface area contributed by atoms with E-state index in [1.54, 1.807) is 17.5 Å². The first-order valence-electron chi connectivity index (χ1n) is 6.17. The fourth-order valence-electron chi connectivity index (χ4n) is 1.73. The molecule has 2 aromatic rings. The molecule has 0 aliphatic rings. The van der Waals surface area contributed by atoms with E-state index in [-0.39, 0.29) is 9.92 Å². The maximum absolute atomic E-state index is 12.2. The van der Waals surface area contributed by atoms with Crippen molar-refractivity contribution in [1.82, 2.24) is 9.71 Å². The Hall–Kier alpha value is -1.15. The molecule has 0 radical (unpaired) electrons. The molecule has 21 heavy (non-hydrogen) atoms. The lowest BCUT2D eigenvalue weighted by atomic mass is 10.3. The van der Waals surface area contributed by atoms with Crippen LogP contribution in [0.25, 0.3) is 0 Å². The number of nitrogens with zero attached hydrogens (tertiary/aromatic N) is 1. The predicted octanol–water partition coefficient (Wildman–Crippen LogP) is 2.63. The number of aromatic nitrogens is 1. The van der Waals surface area contributed by atoms with Gasteiger partial charge in [-0.05, 0) is 31.5 Å². The highest BCUT2D eigenvalue weighted by atomic mass is 35.5. The minimum absolute atomic E-state index is 0.119. The van der Waals surface area contributed by atoms with Crippen molar-refractivity contribution in [3.05, 3.63) is 39.3 Å². The summed E-state index contributed by atoms with van der Waals surface area (Å²) in [5.74, 6) is 0.441. The number of benzene rings is 1. The van der Waals surface area contributed by atoms with E-state index in [1.807, 2.05) is 6.92 Å². The van der Waals surface area contributed by atoms with E-state index in [9.17, 15) is 8.42 Å². The summed E-state index contributed by atoms with van der Waals surface area (Å²) < 4.78 is 31.9. The van der Waals surface area contributed by atoms with E-state index in [1.165, 1.54) is 25.3 Å². The fourth-order valence-corrected chi connectivity index (χ4v) is 3.90. The maximum atomic E-state index is 12.2. The van der Waals surface area contributed by atoms with Crippen LogP contribution >= 0.6 is 22.9 Å². The number of sulfonamides is 1. The molecular formula is C13H15ClN2O3S2. The average Bonchev–Trinajstić information content (AvgIpc) is 2.84. The average molecular weight is 347 g/mol. The van der Waals surface area contributed by atoms with Crippen LogP contribution in [-0.2, 0) is 16.4 Å². The second-order valence-electron chi connectivity index (χ2n) is 4.29. The molecule has 0 amide bonds. The van der Waals surface area contributed by atoms with Crippen LogP contribution in [0.5, 0.6) is 5.75 Å². The van der Waals surface area contributed by atoms with Crippen molar-refractivity contribution in [3.63, 3.8) is 0 Å². The summed E-state index contributed by atoms with van der Waals surface area (Å²) in [6.07, 6.45) is 2.37. The molecule has 1 aromatic heterocycles. The van der Waals surface area contributed by atoms with E-state index >= 15 is 0 Å². The van der Waals surface area contributed by atoms with Gasteiger partial charge in [0.15, 0.2) is 0 Å². The van der Waals surface area contributed by atoms with Crippen molar-refractivity contribution >= 4 is 33.0 Å². The van der Waals surface area contributed by atoms with Gasteiger partial charge in [0.1, 0.15) is 5.75 Å². The molecule has 0 saturated carbocycles. The number of halogens is 1. The molecule has 8 heteroatoms. The molecule has 2 rings (SSSR count). The highest BCUT2D eigenvalue weighted by Crippen LogP contribution is 2.26. The van der Waals surface area contributed by atoms with E-state index in [4.69, 9.17) is 16.3 Å². The Morgan fingerprint density at radius 2 is 2.19 bits per heavy atom. The fraction of sp³-hybridized carbons (Fsp3) is 0.308. The van der Waals surface area contributed by atoms with Crippen molar-refractivity contribution in [2.45, 2.75) is 18.2 Å². The topological polar surface area (TPSA) is 68.3 Å². The van der Waals surface area contributed by atoms with Crippen LogP contribution in [0.1, 0.15) is 9.88 Å². The van der Waals surface area contributed by atoms with Gasteiger partial charge in [-0.25, -0.2) is 18.1 Å². The summed E-state index contributed by atoms with van der Waals surface area (Å²) in [4.78, 5) is 5.29. The number of aryl methyl sites for hydroxylation is 1. The number of rotatable bonds is 6. The zero-order valence-electron chi connectivity index (χ0n) is 11.6. The van der Waals surface area contributed by atoms with Crippen LogP contribution in [0.15, 0.2) is 29.3 Å². The Kier molecular flexibility index (Phi) is 5.21. The van der Waals surface area contributed by atoms with Gasteiger partial charge >= 0.3 is 0 Å². The van der Waals surface area contributed by atoms with Crippen LogP contribution in [0.4, 0.5) is 0 Å². The monoisotopic (exact) mass is 346 g/mol. The molecule has 0 aliphatic carbocycles. The third-order valence-electron chi connectivity index (χ3n) is 2.77. The van der Waals surface area contributed by atoms with Gasteiger partial charge in [-0.1, -0.05) is 11.6 Å². The first kappa shape index (κ1) is 16.2. The van der Waals surface area contributed by atoms with Crippen molar-refractivity contribution in [2.75, 3.05) is 13.7 Å². The van der Waals surface area contributed by atoms with E-state index in [0.717, 1.165) is 9.88 Å². The molecular weight excluding hydrogens is 332 g/mol. The van der Waals surface area contributed by atoms with Gasteiger partial charge in [0.05, 0.1) is 22.0 Å². The van der Waals surface area contributed by atoms with Gasteiger partial charge in [0, 0.05) is 17.6 Å². The van der Waals surface area contributed by atoms with Gasteiger partial charge in [-0.15, -0.1) is 11.3 Å². The number of thiazole rings is 1. The highest BCUT2D eigenvalue weighted by Gasteiger charge is 2.15. The molecule has 0 bridgehead atoms. The molecule has 0 saturated heterocycles. The smallest absolute Gasteiger partial charge is 0.240 e. The third kappa shape index (κ3) is 4.16. The normalized spacial score (nSPS) is 11.6. The summed E-state index contributed by atoms with van der Waals surface area (Å²) in [5, 5.41) is 1.23. The van der Waals surface area contributed by atoms with E-state index < -0.39 is 10.0 Å². The standard InChI is InChI=1S/C13H15ClN2O3S2/c1-9-15-8-10(20-9)5-6-16-21(17,18)11-3-4-13(19-2)12(14)7-11/h3-4,7-8,16H,5-6H2,1-2H3. The lowest BCUT2D eigenvalue weighted by Gasteiger charge is -2.08. The zero-order chi connectivity index (χ0) is 15.5. The van der Waals surface area contributed by atoms with Gasteiger partial charge in [0.2, 0.25) is 10.0 Å². The van der Waals surface area contributed by atoms with E-state index in [0.29, 0.717) is 18.7 Å². The molecule has 1 N–H and O–H groups in total. The summed E-state index contributed by atoms with van der Waals surface area (Å²) in [6.45, 7) is 2.23. The molecule has 0 fully saturated rings. The second kappa shape index (κ2) is 6.74. The van der Waals surface area contributed by atoms with E-state index in [2.05, 4.69) is 9.71 Å². The van der Waals surface area contributed by atoms with Crippen LogP contribution in [0.2, 0.25) is 5.02 Å². The number of ether oxygens (including phenoxy) is 1. The van der Waals surface area contributed by atoms with Crippen LogP contribution in [0.3, 0.4) is 0 Å². The van der Waals surface area contributed by atoms with Crippen LogP contribution < -0.4 is 9.46 Å². The molecule has 0 aliphatic heterocycles. The minimum Gasteiger partial charge on any atom is -0.495 e. The quantitative estimate of drug-likeness (QED) is 0.873. The highest BCUT2D eigenvalue weighted by molar-refractivity contribution is 7.89. The van der Waals surface area contributed by atoms with Crippen LogP contribution in [0, 0.1) is 6.92 Å². The summed E-state index contributed by atoms with van der Waals surface area (Å²) >= 11 is 7.50. The predicted molar refractivity (Wildman–Crippen MR) is 83.7 cm³/mol. The Balaban J connectivity index is 2.02. The van der Waals surface area contributed by atoms with Crippen molar-refractivity contribution < 1.29 is 13.2 Å². The van der Waals surface area contributed by atoms with Crippen molar-refractivity contribution in [3.8, 4) is 5.75 Å². The number of nitrogens with one attached hydrogen (secondary N) is 1. The third-order valence-corrected chi connectivity index (χ3v) is 5.49. The van der Waals surface area contributed by atoms with Gasteiger partial charge in [0.25, 0.3) is 0 Å². The largest absolute Gasteiger partial charge is 0.495 e. The summed E-state index contributed by atoms with van der Waals surface area (Å²) in [5.41, 5.74) is 0.